The van der Waals surface area contributed by atoms with Crippen molar-refractivity contribution in [3.63, 3.8) is 0 Å². The van der Waals surface area contributed by atoms with E-state index in [1.54, 1.807) is 6.08 Å². The largest absolute Gasteiger partial charge is 0.456 e. The van der Waals surface area contributed by atoms with Crippen LogP contribution >= 0.6 is 23.1 Å². The zero-order chi connectivity index (χ0) is 23.3. The summed E-state index contributed by atoms with van der Waals surface area (Å²) >= 11 is 2.47. The average Bonchev–Trinajstić information content (AvgIpc) is 3.45. The summed E-state index contributed by atoms with van der Waals surface area (Å²) in [7, 11) is 0. The topological polar surface area (TPSA) is 97.1 Å². The normalized spacial score (nSPS) is 11.3. The van der Waals surface area contributed by atoms with Gasteiger partial charge in [0.05, 0.1) is 5.75 Å². The van der Waals surface area contributed by atoms with Gasteiger partial charge in [0, 0.05) is 28.6 Å². The number of carbonyl (C=O) groups is 2. The number of hydrogen-bond donors (Lipinski definition) is 2. The maximum Gasteiger partial charge on any atom is 0.250 e. The van der Waals surface area contributed by atoms with Crippen LogP contribution in [0.25, 0.3) is 28.0 Å². The average molecular weight is 487 g/mol. The third kappa shape index (κ3) is 5.16. The molecule has 9 heteroatoms. The van der Waals surface area contributed by atoms with Gasteiger partial charge in [-0.3, -0.25) is 14.9 Å². The minimum absolute atomic E-state index is 0.161. The molecule has 0 fully saturated rings. The molecule has 0 bridgehead atoms. The third-order valence-electron chi connectivity index (χ3n) is 4.85. The van der Waals surface area contributed by atoms with E-state index in [-0.39, 0.29) is 17.6 Å². The van der Waals surface area contributed by atoms with E-state index in [4.69, 9.17) is 4.42 Å². The van der Waals surface area contributed by atoms with Crippen LogP contribution in [-0.4, -0.2) is 27.8 Å². The summed E-state index contributed by atoms with van der Waals surface area (Å²) in [6, 6.07) is 23.0. The number of para-hydroxylation sites is 1. The number of rotatable bonds is 7. The van der Waals surface area contributed by atoms with E-state index in [1.165, 1.54) is 29.2 Å². The van der Waals surface area contributed by atoms with Crippen LogP contribution in [0.5, 0.6) is 0 Å². The quantitative estimate of drug-likeness (QED) is 0.171. The second-order valence-electron chi connectivity index (χ2n) is 7.25. The molecule has 168 valence electrons. The highest BCUT2D eigenvalue weighted by Gasteiger charge is 2.11. The van der Waals surface area contributed by atoms with E-state index < -0.39 is 0 Å². The van der Waals surface area contributed by atoms with E-state index in [0.29, 0.717) is 15.2 Å². The molecule has 0 unspecified atom stereocenters. The number of thioether (sulfide) groups is 1. The molecule has 5 rings (SSSR count). The van der Waals surface area contributed by atoms with Crippen LogP contribution in [-0.2, 0) is 9.59 Å². The fraction of sp³-hybridized carbons (Fsp3) is 0.0400. The van der Waals surface area contributed by atoms with Crippen molar-refractivity contribution >= 4 is 73.7 Å². The van der Waals surface area contributed by atoms with Crippen LogP contribution < -0.4 is 10.6 Å². The Labute approximate surface area is 202 Å². The number of furan rings is 1. The number of fused-ring (bicyclic) bond motifs is 3. The van der Waals surface area contributed by atoms with Gasteiger partial charge in [-0.25, -0.2) is 0 Å². The molecule has 3 aromatic carbocycles. The van der Waals surface area contributed by atoms with E-state index in [1.807, 2.05) is 72.8 Å². The fourth-order valence-electron chi connectivity index (χ4n) is 3.33. The molecule has 0 radical (unpaired) electrons. The molecular weight excluding hydrogens is 468 g/mol. The van der Waals surface area contributed by atoms with Gasteiger partial charge in [0.15, 0.2) is 4.34 Å². The number of hydrogen-bond acceptors (Lipinski definition) is 7. The fourth-order valence-corrected chi connectivity index (χ4v) is 4.88. The van der Waals surface area contributed by atoms with Crippen molar-refractivity contribution in [3.8, 4) is 0 Å². The second-order valence-corrected chi connectivity index (χ2v) is 9.45. The van der Waals surface area contributed by atoms with Crippen LogP contribution in [0, 0.1) is 0 Å². The lowest BCUT2D eigenvalue weighted by Crippen LogP contribution is -2.13. The molecule has 0 atom stereocenters. The molecule has 2 heterocycles. The van der Waals surface area contributed by atoms with Gasteiger partial charge >= 0.3 is 0 Å². The molecule has 0 saturated carbocycles. The minimum Gasteiger partial charge on any atom is -0.456 e. The molecule has 2 aromatic heterocycles. The van der Waals surface area contributed by atoms with Crippen LogP contribution in [0.15, 0.2) is 87.6 Å². The summed E-state index contributed by atoms with van der Waals surface area (Å²) in [5, 5.41) is 16.0. The Bertz CT molecular complexity index is 1510. The summed E-state index contributed by atoms with van der Waals surface area (Å²) in [5.74, 6) is -0.309. The molecule has 34 heavy (non-hydrogen) atoms. The van der Waals surface area contributed by atoms with Crippen molar-refractivity contribution in [1.82, 2.24) is 10.2 Å². The summed E-state index contributed by atoms with van der Waals surface area (Å²) in [6.45, 7) is 0. The molecule has 2 amide bonds. The summed E-state index contributed by atoms with van der Waals surface area (Å²) in [6.07, 6.45) is 3.16. The highest BCUT2D eigenvalue weighted by molar-refractivity contribution is 8.01. The molecule has 5 aromatic rings. The first kappa shape index (κ1) is 21.9. The van der Waals surface area contributed by atoms with Gasteiger partial charge in [0.2, 0.25) is 16.9 Å². The Morgan fingerprint density at radius 1 is 0.912 bits per heavy atom. The maximum absolute atomic E-state index is 12.4. The number of nitrogens with one attached hydrogen (secondary N) is 2. The minimum atomic E-state index is -0.296. The molecule has 0 saturated heterocycles. The number of aromatic nitrogens is 2. The Balaban J connectivity index is 1.14. The predicted octanol–water partition coefficient (Wildman–Crippen LogP) is 5.82. The first-order chi connectivity index (χ1) is 16.6. The molecular formula is C25H18N4O3S2. The van der Waals surface area contributed by atoms with E-state index >= 15 is 0 Å². The second kappa shape index (κ2) is 9.90. The van der Waals surface area contributed by atoms with Gasteiger partial charge < -0.3 is 9.73 Å². The summed E-state index contributed by atoms with van der Waals surface area (Å²) in [4.78, 5) is 24.5. The Kier molecular flexibility index (Phi) is 6.37. The molecule has 0 aliphatic rings. The number of carbonyl (C=O) groups excluding carboxylic acids is 2. The SMILES string of the molecule is O=C(C=Cc1ccccc1)Nc1nnc(SCC(=O)Nc2ccc3c(c2)oc2ccccc23)s1. The first-order valence-corrected chi connectivity index (χ1v) is 12.2. The molecule has 0 spiro atoms. The molecule has 7 nitrogen and oxygen atoms in total. The van der Waals surface area contributed by atoms with Crippen molar-refractivity contribution in [1.29, 1.82) is 0 Å². The van der Waals surface area contributed by atoms with Crippen molar-refractivity contribution in [2.24, 2.45) is 0 Å². The molecule has 0 aliphatic carbocycles. The van der Waals surface area contributed by atoms with Crippen LogP contribution in [0.3, 0.4) is 0 Å². The summed E-state index contributed by atoms with van der Waals surface area (Å²) < 4.78 is 6.46. The van der Waals surface area contributed by atoms with Gasteiger partial charge in [-0.2, -0.15) is 0 Å². The van der Waals surface area contributed by atoms with Gasteiger partial charge in [0.25, 0.3) is 0 Å². The number of anilines is 2. The Hall–Kier alpha value is -3.95. The Morgan fingerprint density at radius 2 is 1.71 bits per heavy atom. The third-order valence-corrected chi connectivity index (χ3v) is 6.82. The molecule has 2 N–H and O–H groups in total. The van der Waals surface area contributed by atoms with Crippen molar-refractivity contribution in [3.05, 3.63) is 84.4 Å². The van der Waals surface area contributed by atoms with E-state index in [9.17, 15) is 9.59 Å². The standard InChI is InChI=1S/C25H18N4O3S2/c30-22(13-10-16-6-2-1-3-7-16)27-24-28-29-25(34-24)33-15-23(31)26-17-11-12-19-18-8-4-5-9-20(18)32-21(19)14-17/h1-14H,15H2,(H,26,31)(H,27,28,30). The van der Waals surface area contributed by atoms with Crippen molar-refractivity contribution in [2.75, 3.05) is 16.4 Å². The van der Waals surface area contributed by atoms with Crippen molar-refractivity contribution in [2.45, 2.75) is 4.34 Å². The molecule has 0 aliphatic heterocycles. The highest BCUT2D eigenvalue weighted by Crippen LogP contribution is 2.30. The highest BCUT2D eigenvalue weighted by atomic mass is 32.2. The van der Waals surface area contributed by atoms with E-state index in [2.05, 4.69) is 20.8 Å². The van der Waals surface area contributed by atoms with Crippen LogP contribution in [0.1, 0.15) is 5.56 Å². The lowest BCUT2D eigenvalue weighted by atomic mass is 10.1. The van der Waals surface area contributed by atoms with Gasteiger partial charge in [-0.1, -0.05) is 71.6 Å². The van der Waals surface area contributed by atoms with Crippen molar-refractivity contribution < 1.29 is 14.0 Å². The number of amides is 2. The lowest BCUT2D eigenvalue weighted by molar-refractivity contribution is -0.114. The monoisotopic (exact) mass is 486 g/mol. The van der Waals surface area contributed by atoms with Crippen LogP contribution in [0.4, 0.5) is 10.8 Å². The zero-order valence-electron chi connectivity index (χ0n) is 17.7. The van der Waals surface area contributed by atoms with E-state index in [0.717, 1.165) is 27.5 Å². The van der Waals surface area contributed by atoms with Crippen LogP contribution in [0.2, 0.25) is 0 Å². The first-order valence-electron chi connectivity index (χ1n) is 10.4. The van der Waals surface area contributed by atoms with Gasteiger partial charge in [-0.05, 0) is 29.8 Å². The Morgan fingerprint density at radius 3 is 2.59 bits per heavy atom. The smallest absolute Gasteiger partial charge is 0.250 e. The lowest BCUT2D eigenvalue weighted by Gasteiger charge is -2.03. The van der Waals surface area contributed by atoms with Gasteiger partial charge in [0.1, 0.15) is 11.2 Å². The predicted molar refractivity (Wildman–Crippen MR) is 137 cm³/mol. The number of benzene rings is 3. The number of nitrogens with zero attached hydrogens (tertiary/aromatic N) is 2. The zero-order valence-corrected chi connectivity index (χ0v) is 19.4. The maximum atomic E-state index is 12.4. The summed E-state index contributed by atoms with van der Waals surface area (Å²) in [5.41, 5.74) is 3.12. The van der Waals surface area contributed by atoms with Gasteiger partial charge in [-0.15, -0.1) is 10.2 Å².